The molecule has 4 aromatic rings. The molecule has 1 aromatic heterocycles. The molecular weight excluding hydrogens is 426 g/mol. The van der Waals surface area contributed by atoms with Crippen molar-refractivity contribution in [3.63, 3.8) is 0 Å². The van der Waals surface area contributed by atoms with E-state index in [4.69, 9.17) is 16.9 Å². The molecule has 0 radical (unpaired) electrons. The summed E-state index contributed by atoms with van der Waals surface area (Å²) in [4.78, 5) is 24.9. The van der Waals surface area contributed by atoms with Crippen molar-refractivity contribution < 1.29 is 9.59 Å². The number of carbonyl (C=O) groups excluding carboxylic acids is 2. The number of aromatic nitrogens is 1. The number of benzene rings is 3. The molecule has 1 heterocycles. The second kappa shape index (κ2) is 8.51. The van der Waals surface area contributed by atoms with Crippen LogP contribution in [0.1, 0.15) is 49.5 Å². The van der Waals surface area contributed by atoms with Crippen LogP contribution in [0.5, 0.6) is 0 Å². The summed E-state index contributed by atoms with van der Waals surface area (Å²) in [6.07, 6.45) is 3.09. The molecule has 0 saturated heterocycles. The van der Waals surface area contributed by atoms with Crippen molar-refractivity contribution in [3.05, 3.63) is 100 Å². The third-order valence-electron chi connectivity index (χ3n) is 6.42. The van der Waals surface area contributed by atoms with Crippen LogP contribution in [0.3, 0.4) is 0 Å². The fourth-order valence-corrected chi connectivity index (χ4v) is 4.66. The van der Waals surface area contributed by atoms with Gasteiger partial charge in [-0.15, -0.1) is 0 Å². The molecule has 3 aromatic carbocycles. The van der Waals surface area contributed by atoms with Gasteiger partial charge in [0, 0.05) is 34.3 Å². The highest BCUT2D eigenvalue weighted by Gasteiger charge is 2.20. The molecule has 2 amide bonds. The van der Waals surface area contributed by atoms with E-state index in [2.05, 4.69) is 11.4 Å². The lowest BCUT2D eigenvalue weighted by Crippen LogP contribution is -2.18. The van der Waals surface area contributed by atoms with E-state index in [0.717, 1.165) is 41.4 Å². The Labute approximate surface area is 196 Å². The van der Waals surface area contributed by atoms with Crippen molar-refractivity contribution >= 4 is 34.2 Å². The number of aryl methyl sites for hydroxylation is 1. The number of hydrogen-bond acceptors (Lipinski definition) is 3. The maximum atomic E-state index is 13.5. The van der Waals surface area contributed by atoms with Gasteiger partial charge >= 0.3 is 0 Å². The Bertz CT molecular complexity index is 1450. The van der Waals surface area contributed by atoms with E-state index in [9.17, 15) is 9.59 Å². The van der Waals surface area contributed by atoms with Crippen molar-refractivity contribution in [1.82, 2.24) is 4.57 Å². The largest absolute Gasteiger partial charge is 0.384 e. The summed E-state index contributed by atoms with van der Waals surface area (Å²) in [6, 6.07) is 20.4. The van der Waals surface area contributed by atoms with Crippen LogP contribution in [-0.4, -0.2) is 22.2 Å². The van der Waals surface area contributed by atoms with Crippen LogP contribution in [0.15, 0.2) is 66.7 Å². The second-order valence-corrected chi connectivity index (χ2v) is 8.62. The van der Waals surface area contributed by atoms with E-state index in [1.165, 1.54) is 11.1 Å². The minimum Gasteiger partial charge on any atom is -0.384 e. The maximum Gasteiger partial charge on any atom is 0.272 e. The minimum absolute atomic E-state index is 0.0358. The third-order valence-corrected chi connectivity index (χ3v) is 6.42. The number of fused-ring (bicyclic) bond motifs is 2. The van der Waals surface area contributed by atoms with Gasteiger partial charge in [0.15, 0.2) is 0 Å². The first-order valence-electron chi connectivity index (χ1n) is 11.2. The van der Waals surface area contributed by atoms with E-state index in [1.807, 2.05) is 47.0 Å². The number of carbonyl (C=O) groups is 2. The van der Waals surface area contributed by atoms with Crippen molar-refractivity contribution in [1.29, 1.82) is 5.41 Å². The average molecular weight is 452 g/mol. The summed E-state index contributed by atoms with van der Waals surface area (Å²) in [5.74, 6) is -0.722. The van der Waals surface area contributed by atoms with Crippen LogP contribution in [0.25, 0.3) is 10.9 Å². The smallest absolute Gasteiger partial charge is 0.272 e. The molecule has 0 aliphatic heterocycles. The van der Waals surface area contributed by atoms with E-state index >= 15 is 0 Å². The molecule has 0 spiro atoms. The zero-order valence-electron chi connectivity index (χ0n) is 18.6. The fourth-order valence-electron chi connectivity index (χ4n) is 4.66. The number of nitrogen functional groups attached to an aromatic ring is 1. The number of nitrogens with zero attached hydrogens (tertiary/aromatic N) is 1. The van der Waals surface area contributed by atoms with Crippen molar-refractivity contribution in [2.45, 2.75) is 25.8 Å². The molecule has 7 heteroatoms. The van der Waals surface area contributed by atoms with Crippen molar-refractivity contribution in [2.75, 3.05) is 5.32 Å². The number of anilines is 1. The average Bonchev–Trinajstić information content (AvgIpc) is 3.45. The highest BCUT2D eigenvalue weighted by Crippen LogP contribution is 2.30. The van der Waals surface area contributed by atoms with Crippen molar-refractivity contribution in [2.24, 2.45) is 11.5 Å². The molecular formula is C27H25N5O2. The molecule has 7 nitrogen and oxygen atoms in total. The minimum atomic E-state index is -0.487. The summed E-state index contributed by atoms with van der Waals surface area (Å²) in [6.45, 7) is 0.402. The van der Waals surface area contributed by atoms with E-state index in [-0.39, 0.29) is 11.7 Å². The first-order chi connectivity index (χ1) is 16.4. The van der Waals surface area contributed by atoms with Crippen LogP contribution in [-0.2, 0) is 19.4 Å². The molecule has 1 aliphatic carbocycles. The van der Waals surface area contributed by atoms with Crippen molar-refractivity contribution in [3.8, 4) is 0 Å². The van der Waals surface area contributed by atoms with E-state index < -0.39 is 5.91 Å². The first kappa shape index (κ1) is 21.5. The normalized spacial score (nSPS) is 12.5. The lowest BCUT2D eigenvalue weighted by Gasteiger charge is -2.14. The molecule has 0 atom stereocenters. The number of hydrogen-bond donors (Lipinski definition) is 4. The number of primary amides is 1. The SMILES string of the molecule is N=C(N)c1ccc2cc(C(=O)Nc3cccc4c3CCC4)n(Cc3ccc(C(N)=O)cc3)c2c1. The standard InChI is InChI=1S/C27H25N5O2/c28-25(29)20-12-11-19-13-24(27(34)31-22-6-2-4-17-3-1-5-21(17)22)32(23(19)14-20)15-16-7-9-18(10-8-16)26(30)33/h2,4,6-14H,1,3,5,15H2,(H3,28,29)(H2,30,33)(H,31,34). The van der Waals surface area contributed by atoms with Gasteiger partial charge in [-0.3, -0.25) is 15.0 Å². The highest BCUT2D eigenvalue weighted by atomic mass is 16.2. The zero-order chi connectivity index (χ0) is 23.8. The lowest BCUT2D eigenvalue weighted by molar-refractivity contribution is 0.0997. The second-order valence-electron chi connectivity index (χ2n) is 8.62. The van der Waals surface area contributed by atoms with Crippen LogP contribution in [0, 0.1) is 5.41 Å². The molecule has 34 heavy (non-hydrogen) atoms. The van der Waals surface area contributed by atoms with Gasteiger partial charge in [-0.1, -0.05) is 36.4 Å². The third kappa shape index (κ3) is 3.92. The lowest BCUT2D eigenvalue weighted by atomic mass is 10.1. The predicted octanol–water partition coefficient (Wildman–Crippen LogP) is 3.81. The molecule has 0 fully saturated rings. The van der Waals surface area contributed by atoms with Crippen LogP contribution < -0.4 is 16.8 Å². The van der Waals surface area contributed by atoms with Gasteiger partial charge in [-0.2, -0.15) is 0 Å². The van der Waals surface area contributed by atoms with E-state index in [0.29, 0.717) is 23.4 Å². The van der Waals surface area contributed by atoms with Gasteiger partial charge in [0.05, 0.1) is 0 Å². The number of nitrogens with one attached hydrogen (secondary N) is 2. The maximum absolute atomic E-state index is 13.5. The number of amidine groups is 1. The van der Waals surface area contributed by atoms with Crippen LogP contribution >= 0.6 is 0 Å². The summed E-state index contributed by atoms with van der Waals surface area (Å²) in [5, 5.41) is 11.8. The molecule has 1 aliphatic rings. The van der Waals surface area contributed by atoms with Gasteiger partial charge in [-0.25, -0.2) is 0 Å². The fraction of sp³-hybridized carbons (Fsp3) is 0.148. The Hall–Kier alpha value is -4.39. The summed E-state index contributed by atoms with van der Waals surface area (Å²) in [5.41, 5.74) is 17.7. The van der Waals surface area contributed by atoms with Gasteiger partial charge in [0.2, 0.25) is 5.91 Å². The predicted molar refractivity (Wildman–Crippen MR) is 133 cm³/mol. The Morgan fingerprint density at radius 1 is 0.941 bits per heavy atom. The monoisotopic (exact) mass is 451 g/mol. The van der Waals surface area contributed by atoms with Crippen LogP contribution in [0.4, 0.5) is 5.69 Å². The molecule has 0 bridgehead atoms. The summed E-state index contributed by atoms with van der Waals surface area (Å²) < 4.78 is 1.92. The molecule has 6 N–H and O–H groups in total. The summed E-state index contributed by atoms with van der Waals surface area (Å²) in [7, 11) is 0. The van der Waals surface area contributed by atoms with Gasteiger partial charge in [0.25, 0.3) is 5.91 Å². The quantitative estimate of drug-likeness (QED) is 0.263. The number of rotatable bonds is 6. The zero-order valence-corrected chi connectivity index (χ0v) is 18.6. The Morgan fingerprint density at radius 3 is 2.44 bits per heavy atom. The molecule has 0 unspecified atom stereocenters. The molecule has 5 rings (SSSR count). The summed E-state index contributed by atoms with van der Waals surface area (Å²) >= 11 is 0. The Balaban J connectivity index is 1.56. The van der Waals surface area contributed by atoms with Gasteiger partial charge < -0.3 is 21.4 Å². The first-order valence-corrected chi connectivity index (χ1v) is 11.2. The van der Waals surface area contributed by atoms with E-state index in [1.54, 1.807) is 18.2 Å². The topological polar surface area (TPSA) is 127 Å². The number of nitrogens with two attached hydrogens (primary N) is 2. The van der Waals surface area contributed by atoms with Gasteiger partial charge in [-0.05, 0) is 66.3 Å². The van der Waals surface area contributed by atoms with Gasteiger partial charge in [0.1, 0.15) is 11.5 Å². The van der Waals surface area contributed by atoms with Crippen LogP contribution in [0.2, 0.25) is 0 Å². The Kier molecular flexibility index (Phi) is 5.37. The Morgan fingerprint density at radius 2 is 1.71 bits per heavy atom. The highest BCUT2D eigenvalue weighted by molar-refractivity contribution is 6.08. The molecule has 170 valence electrons. The molecule has 0 saturated carbocycles. The number of amides is 2.